The predicted molar refractivity (Wildman–Crippen MR) is 120 cm³/mol. The van der Waals surface area contributed by atoms with Crippen LogP contribution in [-0.2, 0) is 10.7 Å². The van der Waals surface area contributed by atoms with Crippen LogP contribution in [0.25, 0.3) is 21.8 Å². The number of pyridine rings is 1. The summed E-state index contributed by atoms with van der Waals surface area (Å²) in [5.41, 5.74) is 0.519. The van der Waals surface area contributed by atoms with Crippen molar-refractivity contribution in [2.45, 2.75) is 32.1 Å². The molecule has 0 fully saturated rings. The molecule has 1 aromatic carbocycles. The van der Waals surface area contributed by atoms with Gasteiger partial charge in [0.25, 0.3) is 5.56 Å². The average Bonchev–Trinajstić information content (AvgIpc) is 2.74. The van der Waals surface area contributed by atoms with Crippen molar-refractivity contribution in [3.05, 3.63) is 58.3 Å². The van der Waals surface area contributed by atoms with Crippen molar-refractivity contribution in [1.82, 2.24) is 9.55 Å². The standard InChI is InChI=1S/C22H29N3O2S/c1-22(2,3)28(5,6)27-15-14-25-20-18(12-9-13-24-20)16-10-7-8-11-17(16)19(23-4)21(25)26/h7-13H,14-15H2,1-6H3. The highest BCUT2D eigenvalue weighted by Crippen LogP contribution is 2.53. The zero-order valence-electron chi connectivity index (χ0n) is 17.5. The lowest BCUT2D eigenvalue weighted by molar-refractivity contribution is 0.327. The Balaban J connectivity index is 2.20. The van der Waals surface area contributed by atoms with Crippen LogP contribution in [-0.4, -0.2) is 40.5 Å². The van der Waals surface area contributed by atoms with E-state index in [1.807, 2.05) is 36.4 Å². The van der Waals surface area contributed by atoms with Gasteiger partial charge >= 0.3 is 0 Å². The van der Waals surface area contributed by atoms with E-state index >= 15 is 0 Å². The highest BCUT2D eigenvalue weighted by atomic mass is 32.3. The zero-order valence-corrected chi connectivity index (χ0v) is 18.3. The smallest absolute Gasteiger partial charge is 0.278 e. The van der Waals surface area contributed by atoms with Crippen LogP contribution in [0.1, 0.15) is 20.8 Å². The normalized spacial score (nSPS) is 14.0. The third-order valence-electron chi connectivity index (χ3n) is 5.35. The molecule has 28 heavy (non-hydrogen) atoms. The second-order valence-corrected chi connectivity index (χ2v) is 12.0. The first-order valence-corrected chi connectivity index (χ1v) is 11.8. The lowest BCUT2D eigenvalue weighted by Crippen LogP contribution is -2.34. The third kappa shape index (κ3) is 3.71. The summed E-state index contributed by atoms with van der Waals surface area (Å²) in [5, 5.41) is 3.21. The van der Waals surface area contributed by atoms with Crippen LogP contribution in [0.5, 0.6) is 0 Å². The van der Waals surface area contributed by atoms with Crippen LogP contribution in [0.15, 0.2) is 52.4 Å². The van der Waals surface area contributed by atoms with Crippen molar-refractivity contribution in [1.29, 1.82) is 0 Å². The van der Waals surface area contributed by atoms with Crippen LogP contribution < -0.4 is 10.9 Å². The summed E-state index contributed by atoms with van der Waals surface area (Å²) in [7, 11) is 0.398. The van der Waals surface area contributed by atoms with E-state index in [-0.39, 0.29) is 10.3 Å². The van der Waals surface area contributed by atoms with Crippen molar-refractivity contribution in [3.63, 3.8) is 0 Å². The number of rotatable bonds is 4. The second kappa shape index (κ2) is 7.68. The van der Waals surface area contributed by atoms with E-state index in [9.17, 15) is 4.79 Å². The maximum absolute atomic E-state index is 13.4. The first kappa shape index (κ1) is 20.6. The second-order valence-electron chi connectivity index (χ2n) is 8.12. The zero-order chi connectivity index (χ0) is 20.5. The lowest BCUT2D eigenvalue weighted by atomic mass is 10.1. The summed E-state index contributed by atoms with van der Waals surface area (Å²) in [6.07, 6.45) is 6.05. The number of benzene rings is 1. The molecule has 0 bridgehead atoms. The first-order chi connectivity index (χ1) is 13.2. The van der Waals surface area contributed by atoms with Gasteiger partial charge in [-0.2, -0.15) is 0 Å². The lowest BCUT2D eigenvalue weighted by Gasteiger charge is -2.43. The summed E-state index contributed by atoms with van der Waals surface area (Å²) in [4.78, 5) is 22.2. The van der Waals surface area contributed by atoms with E-state index in [1.54, 1.807) is 17.8 Å². The molecule has 0 spiro atoms. The molecule has 5 nitrogen and oxygen atoms in total. The molecule has 0 saturated carbocycles. The fourth-order valence-corrected chi connectivity index (χ4v) is 3.87. The third-order valence-corrected chi connectivity index (χ3v) is 9.06. The summed E-state index contributed by atoms with van der Waals surface area (Å²) in [6.45, 7) is 7.45. The Kier molecular flexibility index (Phi) is 5.64. The van der Waals surface area contributed by atoms with Gasteiger partial charge in [-0.3, -0.25) is 14.4 Å². The van der Waals surface area contributed by atoms with E-state index in [1.165, 1.54) is 0 Å². The molecule has 0 saturated heterocycles. The highest BCUT2D eigenvalue weighted by Gasteiger charge is 2.28. The van der Waals surface area contributed by atoms with Gasteiger partial charge in [0, 0.05) is 28.8 Å². The summed E-state index contributed by atoms with van der Waals surface area (Å²) in [5.74, 6) is 0. The number of fused-ring (bicyclic) bond motifs is 3. The minimum absolute atomic E-state index is 0.0677. The molecule has 0 N–H and O–H groups in total. The molecule has 3 aromatic rings. The van der Waals surface area contributed by atoms with Gasteiger partial charge in [-0.05, 0) is 30.0 Å². The van der Waals surface area contributed by atoms with Gasteiger partial charge in [0.15, 0.2) is 0 Å². The van der Waals surface area contributed by atoms with Crippen LogP contribution in [0, 0.1) is 0 Å². The minimum atomic E-state index is -1.26. The van der Waals surface area contributed by atoms with Crippen LogP contribution >= 0.6 is 10.3 Å². The van der Waals surface area contributed by atoms with Crippen molar-refractivity contribution in [2.75, 3.05) is 26.2 Å². The monoisotopic (exact) mass is 399 g/mol. The van der Waals surface area contributed by atoms with Gasteiger partial charge in [-0.25, -0.2) is 4.98 Å². The molecule has 0 radical (unpaired) electrons. The van der Waals surface area contributed by atoms with Crippen LogP contribution in [0.4, 0.5) is 0 Å². The van der Waals surface area contributed by atoms with Crippen molar-refractivity contribution < 1.29 is 4.18 Å². The number of aromatic nitrogens is 2. The molecule has 0 aliphatic rings. The minimum Gasteiger partial charge on any atom is -0.335 e. The highest BCUT2D eigenvalue weighted by molar-refractivity contribution is 8.29. The van der Waals surface area contributed by atoms with Crippen molar-refractivity contribution in [3.8, 4) is 0 Å². The van der Waals surface area contributed by atoms with Crippen molar-refractivity contribution in [2.24, 2.45) is 4.99 Å². The average molecular weight is 400 g/mol. The molecule has 0 aliphatic heterocycles. The largest absolute Gasteiger partial charge is 0.335 e. The molecule has 6 heteroatoms. The molecule has 0 unspecified atom stereocenters. The van der Waals surface area contributed by atoms with Gasteiger partial charge < -0.3 is 4.18 Å². The summed E-state index contributed by atoms with van der Waals surface area (Å²) >= 11 is 0. The van der Waals surface area contributed by atoms with Gasteiger partial charge in [-0.1, -0.05) is 45.0 Å². The van der Waals surface area contributed by atoms with Crippen LogP contribution in [0.3, 0.4) is 0 Å². The Morgan fingerprint density at radius 3 is 2.36 bits per heavy atom. The van der Waals surface area contributed by atoms with E-state index in [4.69, 9.17) is 4.18 Å². The molecule has 0 amide bonds. The number of hydrogen-bond donors (Lipinski definition) is 0. The van der Waals surface area contributed by atoms with E-state index < -0.39 is 10.3 Å². The first-order valence-electron chi connectivity index (χ1n) is 9.38. The number of nitrogens with zero attached hydrogens (tertiary/aromatic N) is 3. The molecule has 0 atom stereocenters. The molecule has 0 aliphatic carbocycles. The van der Waals surface area contributed by atoms with Gasteiger partial charge in [-0.15, -0.1) is 10.3 Å². The van der Waals surface area contributed by atoms with Crippen LogP contribution in [0.2, 0.25) is 0 Å². The predicted octanol–water partition coefficient (Wildman–Crippen LogP) is 3.87. The quantitative estimate of drug-likeness (QED) is 0.669. The molecule has 150 valence electrons. The fraction of sp³-hybridized carbons (Fsp3) is 0.409. The number of hydrogen-bond acceptors (Lipinski definition) is 4. The Hall–Kier alpha value is -2.18. The molecular weight excluding hydrogens is 370 g/mol. The van der Waals surface area contributed by atoms with E-state index in [2.05, 4.69) is 43.3 Å². The fourth-order valence-electron chi connectivity index (χ4n) is 3.02. The summed E-state index contributed by atoms with van der Waals surface area (Å²) in [6, 6.07) is 11.8. The SMILES string of the molecule is CN=c1c(=O)n(CCOS(C)(C)C(C)(C)C)c2ncccc2c2ccccc12. The van der Waals surface area contributed by atoms with Crippen molar-refractivity contribution >= 4 is 32.1 Å². The Morgan fingerprint density at radius 1 is 1.07 bits per heavy atom. The van der Waals surface area contributed by atoms with E-state index in [0.29, 0.717) is 24.2 Å². The maximum atomic E-state index is 13.4. The molecule has 3 rings (SSSR count). The van der Waals surface area contributed by atoms with Gasteiger partial charge in [0.2, 0.25) is 0 Å². The molecular formula is C22H29N3O2S. The Bertz CT molecular complexity index is 1140. The molecule has 2 aromatic heterocycles. The summed E-state index contributed by atoms with van der Waals surface area (Å²) < 4.78 is 8.04. The Labute approximate surface area is 167 Å². The Morgan fingerprint density at radius 2 is 1.71 bits per heavy atom. The van der Waals surface area contributed by atoms with Gasteiger partial charge in [0.05, 0.1) is 13.2 Å². The van der Waals surface area contributed by atoms with E-state index in [0.717, 1.165) is 16.2 Å². The molecule has 2 heterocycles. The van der Waals surface area contributed by atoms with Gasteiger partial charge in [0.1, 0.15) is 11.0 Å². The maximum Gasteiger partial charge on any atom is 0.278 e. The topological polar surface area (TPSA) is 56.5 Å².